The van der Waals surface area contributed by atoms with Gasteiger partial charge < -0.3 is 29.5 Å². The van der Waals surface area contributed by atoms with Crippen molar-refractivity contribution >= 4 is 22.4 Å². The molecule has 42 heavy (non-hydrogen) atoms. The Hall–Kier alpha value is -3.46. The Morgan fingerprint density at radius 3 is 2.88 bits per heavy atom. The number of anilines is 2. The van der Waals surface area contributed by atoms with Crippen molar-refractivity contribution in [3.63, 3.8) is 0 Å². The van der Waals surface area contributed by atoms with Crippen LogP contribution in [0.4, 0.5) is 11.5 Å². The third-order valence-electron chi connectivity index (χ3n) is 8.54. The molecule has 2 saturated heterocycles. The summed E-state index contributed by atoms with van der Waals surface area (Å²) in [5.74, 6) is 0.952. The summed E-state index contributed by atoms with van der Waals surface area (Å²) in [5, 5.41) is 18.8. The predicted octanol–water partition coefficient (Wildman–Crippen LogP) is 3.42. The average Bonchev–Trinajstić information content (AvgIpc) is 3.41. The number of ether oxygens (including phenoxy) is 2. The van der Waals surface area contributed by atoms with Gasteiger partial charge in [0.1, 0.15) is 11.9 Å². The van der Waals surface area contributed by atoms with E-state index in [2.05, 4.69) is 56.7 Å². The van der Waals surface area contributed by atoms with Gasteiger partial charge in [-0.15, -0.1) is 0 Å². The average molecular weight is 574 g/mol. The van der Waals surface area contributed by atoms with E-state index in [0.717, 1.165) is 87.4 Å². The lowest BCUT2D eigenvalue weighted by molar-refractivity contribution is -0.0366. The lowest BCUT2D eigenvalue weighted by Gasteiger charge is -2.37. The lowest BCUT2D eigenvalue weighted by Crippen LogP contribution is -2.51. The minimum absolute atomic E-state index is 0.00283. The van der Waals surface area contributed by atoms with Gasteiger partial charge >= 0.3 is 6.01 Å². The Bertz CT molecular complexity index is 1440. The quantitative estimate of drug-likeness (QED) is 0.431. The van der Waals surface area contributed by atoms with Gasteiger partial charge in [-0.2, -0.15) is 20.3 Å². The molecule has 6 rings (SSSR count). The molecule has 0 bridgehead atoms. The van der Waals surface area contributed by atoms with Crippen LogP contribution in [-0.2, 0) is 17.7 Å². The zero-order valence-electron chi connectivity index (χ0n) is 25.3. The number of aryl methyl sites for hydroxylation is 1. The van der Waals surface area contributed by atoms with Gasteiger partial charge in [-0.3, -0.25) is 0 Å². The molecule has 1 aromatic carbocycles. The van der Waals surface area contributed by atoms with Gasteiger partial charge in [0.2, 0.25) is 0 Å². The number of benzene rings is 1. The van der Waals surface area contributed by atoms with Crippen LogP contribution in [0.5, 0.6) is 6.01 Å². The number of rotatable bonds is 8. The Morgan fingerprint density at radius 2 is 2.10 bits per heavy atom. The van der Waals surface area contributed by atoms with Crippen LogP contribution in [0.15, 0.2) is 18.3 Å². The monoisotopic (exact) mass is 573 g/mol. The maximum atomic E-state index is 9.32. The minimum atomic E-state index is -0.0520. The highest BCUT2D eigenvalue weighted by molar-refractivity contribution is 5.94. The molecular weight excluding hydrogens is 530 g/mol. The van der Waals surface area contributed by atoms with Crippen molar-refractivity contribution in [1.82, 2.24) is 30.0 Å². The molecule has 3 aliphatic heterocycles. The van der Waals surface area contributed by atoms with Crippen molar-refractivity contribution in [2.75, 3.05) is 63.2 Å². The molecule has 11 heteroatoms. The van der Waals surface area contributed by atoms with Gasteiger partial charge in [0.05, 0.1) is 42.1 Å². The summed E-state index contributed by atoms with van der Waals surface area (Å²) >= 11 is 0. The molecule has 3 atom stereocenters. The molecule has 11 nitrogen and oxygen atoms in total. The number of hydrogen-bond donors (Lipinski definition) is 1. The Morgan fingerprint density at radius 1 is 1.21 bits per heavy atom. The summed E-state index contributed by atoms with van der Waals surface area (Å²) in [5.41, 5.74) is 5.74. The van der Waals surface area contributed by atoms with Crippen LogP contribution < -0.4 is 19.9 Å². The molecule has 224 valence electrons. The van der Waals surface area contributed by atoms with Crippen LogP contribution in [0, 0.1) is 18.3 Å². The highest BCUT2D eigenvalue weighted by Crippen LogP contribution is 2.37. The molecule has 3 aliphatic rings. The fraction of sp³-hybridized carbons (Fsp3) is 0.613. The van der Waals surface area contributed by atoms with Gasteiger partial charge in [-0.1, -0.05) is 6.07 Å². The number of nitrogens with one attached hydrogen (secondary N) is 1. The van der Waals surface area contributed by atoms with E-state index in [0.29, 0.717) is 19.0 Å². The van der Waals surface area contributed by atoms with Crippen LogP contribution in [0.1, 0.15) is 55.7 Å². The topological polar surface area (TPSA) is 108 Å². The molecule has 3 aromatic rings. The summed E-state index contributed by atoms with van der Waals surface area (Å²) in [7, 11) is 4.08. The van der Waals surface area contributed by atoms with E-state index in [1.165, 1.54) is 16.8 Å². The Balaban J connectivity index is 1.34. The van der Waals surface area contributed by atoms with E-state index in [-0.39, 0.29) is 18.4 Å². The van der Waals surface area contributed by atoms with Crippen LogP contribution in [0.3, 0.4) is 0 Å². The number of nitriles is 1. The fourth-order valence-electron chi connectivity index (χ4n) is 6.67. The smallest absolute Gasteiger partial charge is 0.318 e. The molecule has 2 aromatic heterocycles. The maximum absolute atomic E-state index is 9.32. The van der Waals surface area contributed by atoms with E-state index in [1.807, 2.05) is 20.3 Å². The molecule has 0 spiro atoms. The van der Waals surface area contributed by atoms with Gasteiger partial charge in [0, 0.05) is 56.3 Å². The van der Waals surface area contributed by atoms with E-state index >= 15 is 0 Å². The second-order valence-electron chi connectivity index (χ2n) is 12.2. The van der Waals surface area contributed by atoms with Gasteiger partial charge in [-0.05, 0) is 65.3 Å². The fourth-order valence-corrected chi connectivity index (χ4v) is 6.67. The zero-order valence-corrected chi connectivity index (χ0v) is 25.3. The number of likely N-dealkylation sites (N-methyl/N-ethyl adjacent to an activating group) is 1. The summed E-state index contributed by atoms with van der Waals surface area (Å²) in [6.45, 7) is 9.73. The number of fused-ring (bicyclic) bond motifs is 2. The van der Waals surface area contributed by atoms with Crippen LogP contribution in [0.2, 0.25) is 0 Å². The molecule has 0 amide bonds. The van der Waals surface area contributed by atoms with Crippen molar-refractivity contribution < 1.29 is 9.47 Å². The van der Waals surface area contributed by atoms with E-state index in [9.17, 15) is 5.26 Å². The van der Waals surface area contributed by atoms with Crippen molar-refractivity contribution in [2.45, 2.75) is 70.9 Å². The molecule has 1 N–H and O–H groups in total. The molecule has 0 saturated carbocycles. The second-order valence-corrected chi connectivity index (χ2v) is 12.2. The van der Waals surface area contributed by atoms with Gasteiger partial charge in [0.25, 0.3) is 0 Å². The Labute approximate surface area is 248 Å². The summed E-state index contributed by atoms with van der Waals surface area (Å²) < 4.78 is 14.4. The first-order valence-electron chi connectivity index (χ1n) is 15.3. The summed E-state index contributed by atoms with van der Waals surface area (Å²) in [4.78, 5) is 16.9. The number of piperazine rings is 1. The van der Waals surface area contributed by atoms with Gasteiger partial charge in [0.15, 0.2) is 6.23 Å². The predicted molar refractivity (Wildman–Crippen MR) is 163 cm³/mol. The highest BCUT2D eigenvalue weighted by Gasteiger charge is 2.30. The first kappa shape index (κ1) is 28.6. The Kier molecular flexibility index (Phi) is 8.47. The van der Waals surface area contributed by atoms with Crippen molar-refractivity contribution in [1.29, 1.82) is 5.26 Å². The molecule has 2 fully saturated rings. The van der Waals surface area contributed by atoms with Crippen molar-refractivity contribution in [3.05, 3.63) is 35.2 Å². The molecule has 2 unspecified atom stereocenters. The molecule has 0 aliphatic carbocycles. The standard InChI is InChI=1S/C31H43N9O2/c1-21-8-9-27-25(17-34-40(27)28-7-5-6-16-41-28)29(21)38-14-11-24-26(20-38)35-31(42-22(2)18-37(3)4)36-30(24)39-15-13-33-23(19-39)10-12-32/h8-9,17,22-23,28,33H,5-7,10-11,13-16,18-20H2,1-4H3/t22-,23?,28?/m1/s1. The summed E-state index contributed by atoms with van der Waals surface area (Å²) in [6, 6.07) is 7.25. The second kappa shape index (κ2) is 12.4. The van der Waals surface area contributed by atoms with E-state index in [4.69, 9.17) is 24.5 Å². The lowest BCUT2D eigenvalue weighted by atomic mass is 10.0. The SMILES string of the molecule is Cc1ccc2c(cnn2C2CCCCO2)c1N1CCc2c(nc(O[C@H](C)CN(C)C)nc2N2CCNC(CC#N)C2)C1. The zero-order chi connectivity index (χ0) is 29.2. The minimum Gasteiger partial charge on any atom is -0.459 e. The van der Waals surface area contributed by atoms with Crippen molar-refractivity contribution in [3.8, 4) is 12.1 Å². The third-order valence-corrected chi connectivity index (χ3v) is 8.54. The first-order chi connectivity index (χ1) is 20.4. The molecule has 0 radical (unpaired) electrons. The van der Waals surface area contributed by atoms with Crippen LogP contribution in [0.25, 0.3) is 10.9 Å². The summed E-state index contributed by atoms with van der Waals surface area (Å²) in [6.07, 6.45) is 6.53. The number of nitrogens with zero attached hydrogens (tertiary/aromatic N) is 8. The number of aromatic nitrogens is 4. The van der Waals surface area contributed by atoms with Gasteiger partial charge in [-0.25, -0.2) is 4.68 Å². The van der Waals surface area contributed by atoms with Crippen LogP contribution >= 0.6 is 0 Å². The maximum Gasteiger partial charge on any atom is 0.318 e. The van der Waals surface area contributed by atoms with Crippen molar-refractivity contribution in [2.24, 2.45) is 0 Å². The first-order valence-corrected chi connectivity index (χ1v) is 15.3. The van der Waals surface area contributed by atoms with E-state index in [1.54, 1.807) is 0 Å². The number of hydrogen-bond acceptors (Lipinski definition) is 10. The molecular formula is C31H43N9O2. The molecule has 5 heterocycles. The third kappa shape index (κ3) is 5.89. The largest absolute Gasteiger partial charge is 0.459 e. The van der Waals surface area contributed by atoms with Crippen LogP contribution in [-0.4, -0.2) is 90.2 Å². The normalized spacial score (nSPS) is 21.8. The van der Waals surface area contributed by atoms with E-state index < -0.39 is 0 Å². The highest BCUT2D eigenvalue weighted by atomic mass is 16.5.